The van der Waals surface area contributed by atoms with E-state index >= 15 is 0 Å². The number of amides is 1. The zero-order valence-electron chi connectivity index (χ0n) is 10.4. The van der Waals surface area contributed by atoms with Crippen LogP contribution in [0.2, 0.25) is 0 Å². The molecule has 1 amide bonds. The summed E-state index contributed by atoms with van der Waals surface area (Å²) < 4.78 is 0. The number of aryl methyl sites for hydroxylation is 1. The second-order valence-corrected chi connectivity index (χ2v) is 4.16. The van der Waals surface area contributed by atoms with Crippen molar-refractivity contribution in [3.63, 3.8) is 0 Å². The van der Waals surface area contributed by atoms with Crippen molar-refractivity contribution in [2.24, 2.45) is 0 Å². The number of carbonyl (C=O) groups excluding carboxylic acids is 1. The number of aromatic nitrogens is 2. The maximum absolute atomic E-state index is 11.5. The van der Waals surface area contributed by atoms with E-state index in [0.29, 0.717) is 11.3 Å². The summed E-state index contributed by atoms with van der Waals surface area (Å²) in [6.45, 7) is 3.15. The van der Waals surface area contributed by atoms with Crippen molar-refractivity contribution in [1.82, 2.24) is 15.3 Å². The molecule has 0 bridgehead atoms. The van der Waals surface area contributed by atoms with Gasteiger partial charge in [-0.15, -0.1) is 0 Å². The first kappa shape index (κ1) is 14.2. The van der Waals surface area contributed by atoms with Crippen LogP contribution in [0.5, 0.6) is 0 Å². The van der Waals surface area contributed by atoms with E-state index in [2.05, 4.69) is 15.3 Å². The summed E-state index contributed by atoms with van der Waals surface area (Å²) in [5, 5.41) is 11.4. The maximum atomic E-state index is 11.5. The summed E-state index contributed by atoms with van der Waals surface area (Å²) in [7, 11) is 0. The largest absolute Gasteiger partial charge is 0.394 e. The standard InChI is InChI=1S/C11H17N3O4/c1-6(5-15)12-9(16)4-3-8-7(2)13-11(18)14-10(8)17/h6,15H,3-5H2,1-2H3,(H,12,16)(H2,13,14,17,18). The van der Waals surface area contributed by atoms with Gasteiger partial charge in [0.25, 0.3) is 5.56 Å². The molecule has 7 nitrogen and oxygen atoms in total. The molecule has 7 heteroatoms. The van der Waals surface area contributed by atoms with Crippen LogP contribution in [-0.2, 0) is 11.2 Å². The Morgan fingerprint density at radius 2 is 2.06 bits per heavy atom. The average Bonchev–Trinajstić information content (AvgIpc) is 2.27. The lowest BCUT2D eigenvalue weighted by Gasteiger charge is -2.10. The van der Waals surface area contributed by atoms with E-state index in [-0.39, 0.29) is 31.4 Å². The van der Waals surface area contributed by atoms with Gasteiger partial charge in [0.1, 0.15) is 0 Å². The maximum Gasteiger partial charge on any atom is 0.325 e. The van der Waals surface area contributed by atoms with Gasteiger partial charge >= 0.3 is 5.69 Å². The number of carbonyl (C=O) groups is 1. The van der Waals surface area contributed by atoms with Crippen LogP contribution in [0.1, 0.15) is 24.6 Å². The fourth-order valence-corrected chi connectivity index (χ4v) is 1.56. The Bertz CT molecular complexity index is 532. The van der Waals surface area contributed by atoms with E-state index in [1.807, 2.05) is 0 Å². The summed E-state index contributed by atoms with van der Waals surface area (Å²) in [6, 6.07) is -0.313. The lowest BCUT2D eigenvalue weighted by atomic mass is 10.1. The summed E-state index contributed by atoms with van der Waals surface area (Å²) in [5.74, 6) is -0.249. The number of nitrogens with one attached hydrogen (secondary N) is 3. The molecule has 4 N–H and O–H groups in total. The third-order valence-corrected chi connectivity index (χ3v) is 2.54. The van der Waals surface area contributed by atoms with Crippen molar-refractivity contribution < 1.29 is 9.90 Å². The minimum atomic E-state index is -0.556. The minimum Gasteiger partial charge on any atom is -0.394 e. The van der Waals surface area contributed by atoms with Crippen LogP contribution in [0.4, 0.5) is 0 Å². The Kier molecular flexibility index (Phi) is 4.85. The topological polar surface area (TPSA) is 115 Å². The van der Waals surface area contributed by atoms with Crippen LogP contribution < -0.4 is 16.6 Å². The molecule has 0 aliphatic heterocycles. The third-order valence-electron chi connectivity index (χ3n) is 2.54. The molecule has 0 aliphatic rings. The first-order chi connectivity index (χ1) is 8.43. The van der Waals surface area contributed by atoms with E-state index in [0.717, 1.165) is 0 Å². The van der Waals surface area contributed by atoms with E-state index < -0.39 is 11.2 Å². The van der Waals surface area contributed by atoms with Gasteiger partial charge in [0, 0.05) is 23.7 Å². The van der Waals surface area contributed by atoms with Gasteiger partial charge in [-0.25, -0.2) is 4.79 Å². The van der Waals surface area contributed by atoms with Gasteiger partial charge in [-0.1, -0.05) is 0 Å². The predicted octanol–water partition coefficient (Wildman–Crippen LogP) is -1.20. The highest BCUT2D eigenvalue weighted by molar-refractivity contribution is 5.76. The third kappa shape index (κ3) is 3.85. The minimum absolute atomic E-state index is 0.125. The van der Waals surface area contributed by atoms with Crippen LogP contribution in [0.3, 0.4) is 0 Å². The van der Waals surface area contributed by atoms with Gasteiger partial charge in [0.2, 0.25) is 5.91 Å². The second kappa shape index (κ2) is 6.15. The Labute approximate surface area is 103 Å². The molecule has 100 valence electrons. The molecule has 1 unspecified atom stereocenters. The van der Waals surface area contributed by atoms with E-state index in [9.17, 15) is 14.4 Å². The van der Waals surface area contributed by atoms with Gasteiger partial charge < -0.3 is 15.4 Å². The SMILES string of the molecule is Cc1[nH]c(=O)[nH]c(=O)c1CCC(=O)NC(C)CO. The first-order valence-corrected chi connectivity index (χ1v) is 5.66. The van der Waals surface area contributed by atoms with Crippen LogP contribution in [-0.4, -0.2) is 33.6 Å². The number of aliphatic hydroxyl groups is 1. The molecule has 18 heavy (non-hydrogen) atoms. The number of aromatic amines is 2. The highest BCUT2D eigenvalue weighted by Crippen LogP contribution is 2.00. The van der Waals surface area contributed by atoms with Crippen molar-refractivity contribution in [1.29, 1.82) is 0 Å². The predicted molar refractivity (Wildman–Crippen MR) is 65.4 cm³/mol. The second-order valence-electron chi connectivity index (χ2n) is 4.16. The van der Waals surface area contributed by atoms with E-state index in [1.165, 1.54) is 0 Å². The van der Waals surface area contributed by atoms with Gasteiger partial charge in [-0.3, -0.25) is 14.6 Å². The van der Waals surface area contributed by atoms with Gasteiger partial charge in [-0.2, -0.15) is 0 Å². The molecule has 1 aromatic heterocycles. The number of hydrogen-bond donors (Lipinski definition) is 4. The van der Waals surface area contributed by atoms with Crippen LogP contribution in [0.15, 0.2) is 9.59 Å². The van der Waals surface area contributed by atoms with Crippen molar-refractivity contribution >= 4 is 5.91 Å². The van der Waals surface area contributed by atoms with Crippen LogP contribution >= 0.6 is 0 Å². The van der Waals surface area contributed by atoms with Crippen molar-refractivity contribution in [3.8, 4) is 0 Å². The van der Waals surface area contributed by atoms with Crippen molar-refractivity contribution in [2.75, 3.05) is 6.61 Å². The zero-order chi connectivity index (χ0) is 13.7. The molecule has 0 aliphatic carbocycles. The quantitative estimate of drug-likeness (QED) is 0.529. The Morgan fingerprint density at radius 3 is 2.61 bits per heavy atom. The summed E-state index contributed by atoms with van der Waals surface area (Å²) in [4.78, 5) is 38.5. The van der Waals surface area contributed by atoms with E-state index in [1.54, 1.807) is 13.8 Å². The Balaban J connectivity index is 2.67. The monoisotopic (exact) mass is 255 g/mol. The first-order valence-electron chi connectivity index (χ1n) is 5.66. The van der Waals surface area contributed by atoms with Gasteiger partial charge in [0.15, 0.2) is 0 Å². The zero-order valence-corrected chi connectivity index (χ0v) is 10.4. The van der Waals surface area contributed by atoms with E-state index in [4.69, 9.17) is 5.11 Å². The number of rotatable bonds is 5. The molecule has 1 rings (SSSR count). The molecule has 0 spiro atoms. The van der Waals surface area contributed by atoms with Gasteiger partial charge in [0.05, 0.1) is 6.61 Å². The number of aliphatic hydroxyl groups excluding tert-OH is 1. The molecule has 0 fully saturated rings. The Hall–Kier alpha value is -1.89. The molecular formula is C11H17N3O4. The smallest absolute Gasteiger partial charge is 0.325 e. The summed E-state index contributed by atoms with van der Waals surface area (Å²) >= 11 is 0. The summed E-state index contributed by atoms with van der Waals surface area (Å²) in [5.41, 5.74) is -0.174. The van der Waals surface area contributed by atoms with Crippen molar-refractivity contribution in [3.05, 3.63) is 32.1 Å². The van der Waals surface area contributed by atoms with Crippen LogP contribution in [0.25, 0.3) is 0 Å². The molecular weight excluding hydrogens is 238 g/mol. The van der Waals surface area contributed by atoms with Crippen molar-refractivity contribution in [2.45, 2.75) is 32.7 Å². The average molecular weight is 255 g/mol. The fourth-order valence-electron chi connectivity index (χ4n) is 1.56. The fraction of sp³-hybridized carbons (Fsp3) is 0.545. The molecule has 1 heterocycles. The normalized spacial score (nSPS) is 12.2. The van der Waals surface area contributed by atoms with Crippen LogP contribution in [0, 0.1) is 6.92 Å². The Morgan fingerprint density at radius 1 is 1.39 bits per heavy atom. The highest BCUT2D eigenvalue weighted by Gasteiger charge is 2.10. The number of hydrogen-bond acceptors (Lipinski definition) is 4. The lowest BCUT2D eigenvalue weighted by Crippen LogP contribution is -2.35. The molecule has 1 atom stereocenters. The summed E-state index contributed by atoms with van der Waals surface area (Å²) in [6.07, 6.45) is 0.363. The molecule has 1 aromatic rings. The number of H-pyrrole nitrogens is 2. The molecule has 0 saturated carbocycles. The molecule has 0 radical (unpaired) electrons. The molecule has 0 saturated heterocycles. The lowest BCUT2D eigenvalue weighted by molar-refractivity contribution is -0.121. The highest BCUT2D eigenvalue weighted by atomic mass is 16.3. The molecule has 0 aromatic carbocycles. The van der Waals surface area contributed by atoms with Gasteiger partial charge in [-0.05, 0) is 20.3 Å².